The molecule has 5 rings (SSSR count). The molecule has 2 aliphatic heterocycles. The van der Waals surface area contributed by atoms with E-state index in [1.165, 1.54) is 0 Å². The molecule has 0 aliphatic carbocycles. The Hall–Kier alpha value is -2.91. The van der Waals surface area contributed by atoms with E-state index >= 15 is 0 Å². The third-order valence-corrected chi connectivity index (χ3v) is 7.13. The minimum absolute atomic E-state index is 0.0633. The minimum atomic E-state index is -0.772. The van der Waals surface area contributed by atoms with Gasteiger partial charge in [-0.15, -0.1) is 11.3 Å². The Morgan fingerprint density at radius 2 is 2.15 bits per heavy atom. The summed E-state index contributed by atoms with van der Waals surface area (Å²) in [7, 11) is 0. The number of anilines is 1. The first-order valence-corrected chi connectivity index (χ1v) is 12.2. The van der Waals surface area contributed by atoms with E-state index in [1.807, 2.05) is 42.8 Å². The predicted octanol–water partition coefficient (Wildman–Crippen LogP) is 3.54. The van der Waals surface area contributed by atoms with Crippen LogP contribution in [-0.2, 0) is 16.1 Å². The van der Waals surface area contributed by atoms with Crippen molar-refractivity contribution in [2.24, 2.45) is 0 Å². The average molecular weight is 469 g/mol. The van der Waals surface area contributed by atoms with Gasteiger partial charge in [0.2, 0.25) is 5.95 Å². The van der Waals surface area contributed by atoms with Gasteiger partial charge in [-0.3, -0.25) is 10.1 Å². The van der Waals surface area contributed by atoms with Crippen LogP contribution in [0, 0.1) is 0 Å². The molecular weight excluding hydrogens is 440 g/mol. The fourth-order valence-electron chi connectivity index (χ4n) is 4.59. The molecule has 174 valence electrons. The number of hydrogen-bond donors (Lipinski definition) is 1. The minimum Gasteiger partial charge on any atom is -0.486 e. The molecule has 0 amide bonds. The van der Waals surface area contributed by atoms with E-state index in [2.05, 4.69) is 22.1 Å². The fraction of sp³-hybridized carbons (Fsp3) is 0.458. The van der Waals surface area contributed by atoms with E-state index in [4.69, 9.17) is 19.2 Å². The van der Waals surface area contributed by atoms with Gasteiger partial charge in [-0.25, -0.2) is 9.97 Å². The van der Waals surface area contributed by atoms with Crippen molar-refractivity contribution in [2.45, 2.75) is 44.8 Å². The van der Waals surface area contributed by atoms with Gasteiger partial charge in [0.25, 0.3) is 0 Å². The van der Waals surface area contributed by atoms with E-state index < -0.39 is 5.54 Å². The molecule has 2 atom stereocenters. The zero-order valence-corrected chi connectivity index (χ0v) is 19.7. The van der Waals surface area contributed by atoms with Crippen molar-refractivity contribution in [3.8, 4) is 11.5 Å². The molecule has 8 nitrogen and oxygen atoms in total. The van der Waals surface area contributed by atoms with E-state index in [0.29, 0.717) is 51.7 Å². The second-order valence-corrected chi connectivity index (χ2v) is 9.38. The van der Waals surface area contributed by atoms with Gasteiger partial charge in [0.1, 0.15) is 23.6 Å². The molecule has 2 aromatic heterocycles. The Balaban J connectivity index is 1.34. The lowest BCUT2D eigenvalue weighted by molar-refractivity contribution is -0.152. The average Bonchev–Trinajstić information content (AvgIpc) is 3.31. The Labute approximate surface area is 196 Å². The highest BCUT2D eigenvalue weighted by molar-refractivity contribution is 7.16. The highest BCUT2D eigenvalue weighted by Crippen LogP contribution is 2.34. The number of fused-ring (bicyclic) bond motifs is 2. The number of benzene rings is 1. The molecule has 1 saturated heterocycles. The van der Waals surface area contributed by atoms with Crippen LogP contribution < -0.4 is 19.7 Å². The second-order valence-electron chi connectivity index (χ2n) is 8.48. The molecule has 4 heterocycles. The summed E-state index contributed by atoms with van der Waals surface area (Å²) >= 11 is 1.61. The normalized spacial score (nSPS) is 22.4. The number of carbonyl (C=O) groups excluding carboxylic acids is 1. The number of nitrogens with one attached hydrogen (secondary N) is 1. The van der Waals surface area contributed by atoms with Crippen LogP contribution in [0.2, 0.25) is 0 Å². The molecule has 2 unspecified atom stereocenters. The molecule has 0 radical (unpaired) electrons. The van der Waals surface area contributed by atoms with Crippen LogP contribution in [0.15, 0.2) is 35.8 Å². The summed E-state index contributed by atoms with van der Waals surface area (Å²) in [5, 5.41) is 6.61. The van der Waals surface area contributed by atoms with E-state index in [1.54, 1.807) is 11.3 Å². The van der Waals surface area contributed by atoms with Crippen LogP contribution in [0.5, 0.6) is 11.5 Å². The summed E-state index contributed by atoms with van der Waals surface area (Å²) in [5.41, 5.74) is 0.260. The van der Waals surface area contributed by atoms with Gasteiger partial charge in [0, 0.05) is 30.7 Å². The maximum atomic E-state index is 13.1. The van der Waals surface area contributed by atoms with Crippen LogP contribution in [0.4, 0.5) is 5.95 Å². The summed E-state index contributed by atoms with van der Waals surface area (Å²) in [5.74, 6) is 2.01. The number of esters is 1. The molecule has 0 bridgehead atoms. The van der Waals surface area contributed by atoms with Gasteiger partial charge in [0.05, 0.1) is 6.61 Å². The Morgan fingerprint density at radius 1 is 1.30 bits per heavy atom. The molecule has 3 aromatic rings. The van der Waals surface area contributed by atoms with Crippen molar-refractivity contribution in [1.29, 1.82) is 0 Å². The largest absolute Gasteiger partial charge is 0.486 e. The number of thiophene rings is 1. The number of nitrogens with zero attached hydrogens (tertiary/aromatic N) is 3. The molecule has 0 saturated carbocycles. The van der Waals surface area contributed by atoms with Crippen molar-refractivity contribution in [2.75, 3.05) is 31.3 Å². The number of piperidine rings is 1. The summed E-state index contributed by atoms with van der Waals surface area (Å²) in [6, 6.07) is 7.99. The van der Waals surface area contributed by atoms with Crippen LogP contribution in [0.3, 0.4) is 0 Å². The number of ether oxygens (including phenoxy) is 3. The van der Waals surface area contributed by atoms with Crippen molar-refractivity contribution < 1.29 is 19.0 Å². The molecule has 33 heavy (non-hydrogen) atoms. The van der Waals surface area contributed by atoms with Crippen molar-refractivity contribution in [3.05, 3.63) is 41.4 Å². The van der Waals surface area contributed by atoms with E-state index in [9.17, 15) is 4.79 Å². The number of hydrogen-bond acceptors (Lipinski definition) is 9. The lowest BCUT2D eigenvalue weighted by Gasteiger charge is -2.44. The highest BCUT2D eigenvalue weighted by Gasteiger charge is 2.45. The zero-order chi connectivity index (χ0) is 22.8. The van der Waals surface area contributed by atoms with Crippen LogP contribution in [-0.4, -0.2) is 53.9 Å². The molecule has 1 fully saturated rings. The number of rotatable bonds is 6. The van der Waals surface area contributed by atoms with E-state index in [0.717, 1.165) is 27.3 Å². The molecule has 1 aromatic carbocycles. The van der Waals surface area contributed by atoms with Crippen LogP contribution in [0.1, 0.15) is 32.3 Å². The van der Waals surface area contributed by atoms with Gasteiger partial charge in [-0.1, -0.05) is 6.07 Å². The monoisotopic (exact) mass is 468 g/mol. The summed E-state index contributed by atoms with van der Waals surface area (Å²) in [4.78, 5) is 25.6. The summed E-state index contributed by atoms with van der Waals surface area (Å²) in [6.07, 6.45) is 3.07. The fourth-order valence-corrected chi connectivity index (χ4v) is 5.32. The molecule has 9 heteroatoms. The standard InChI is InChI=1S/C24H28N4O4S/c1-3-30-22(29)24(26-14-17-4-5-19-20(12-17)32-10-9-31-19)7-8-28(16(2)13-24)23-25-15-18-6-11-33-21(18)27-23/h4-6,11-12,15-16,26H,3,7-10,13-14H2,1-2H3. The Kier molecular flexibility index (Phi) is 6.07. The van der Waals surface area contributed by atoms with Crippen molar-refractivity contribution in [1.82, 2.24) is 15.3 Å². The number of carbonyl (C=O) groups is 1. The topological polar surface area (TPSA) is 85.8 Å². The van der Waals surface area contributed by atoms with Gasteiger partial charge < -0.3 is 19.1 Å². The van der Waals surface area contributed by atoms with Gasteiger partial charge in [0.15, 0.2) is 11.5 Å². The second kappa shape index (κ2) is 9.15. The first kappa shape index (κ1) is 21.9. The lowest BCUT2D eigenvalue weighted by Crippen LogP contribution is -2.61. The quantitative estimate of drug-likeness (QED) is 0.550. The van der Waals surface area contributed by atoms with E-state index in [-0.39, 0.29) is 12.0 Å². The highest BCUT2D eigenvalue weighted by atomic mass is 32.1. The molecular formula is C24H28N4O4S. The van der Waals surface area contributed by atoms with Crippen LogP contribution in [0.25, 0.3) is 10.2 Å². The maximum absolute atomic E-state index is 13.1. The molecule has 0 spiro atoms. The maximum Gasteiger partial charge on any atom is 0.326 e. The van der Waals surface area contributed by atoms with Crippen LogP contribution >= 0.6 is 11.3 Å². The Bertz CT molecular complexity index is 1150. The molecule has 1 N–H and O–H groups in total. The van der Waals surface area contributed by atoms with Gasteiger partial charge in [-0.2, -0.15) is 0 Å². The third kappa shape index (κ3) is 4.35. The first-order chi connectivity index (χ1) is 16.1. The number of aromatic nitrogens is 2. The summed E-state index contributed by atoms with van der Waals surface area (Å²) in [6.45, 7) is 6.60. The first-order valence-electron chi connectivity index (χ1n) is 11.4. The Morgan fingerprint density at radius 3 is 2.97 bits per heavy atom. The summed E-state index contributed by atoms with van der Waals surface area (Å²) < 4.78 is 16.8. The zero-order valence-electron chi connectivity index (χ0n) is 18.9. The van der Waals surface area contributed by atoms with Crippen molar-refractivity contribution >= 4 is 33.5 Å². The predicted molar refractivity (Wildman–Crippen MR) is 127 cm³/mol. The lowest BCUT2D eigenvalue weighted by atomic mass is 9.83. The smallest absolute Gasteiger partial charge is 0.326 e. The van der Waals surface area contributed by atoms with Crippen molar-refractivity contribution in [3.63, 3.8) is 0 Å². The van der Waals surface area contributed by atoms with Gasteiger partial charge in [-0.05, 0) is 55.8 Å². The SMILES string of the molecule is CCOC(=O)C1(NCc2ccc3c(c2)OCCO3)CCN(c2ncc3ccsc3n2)C(C)C1. The third-order valence-electron chi connectivity index (χ3n) is 6.31. The molecule has 2 aliphatic rings. The van der Waals surface area contributed by atoms with Gasteiger partial charge >= 0.3 is 5.97 Å².